The van der Waals surface area contributed by atoms with Gasteiger partial charge in [0, 0.05) is 30.6 Å². The Morgan fingerprint density at radius 2 is 1.93 bits per heavy atom. The quantitative estimate of drug-likeness (QED) is 0.285. The second kappa shape index (κ2) is 12.9. The highest BCUT2D eigenvalue weighted by Crippen LogP contribution is 2.31. The van der Waals surface area contributed by atoms with Crippen LogP contribution in [0.2, 0.25) is 0 Å². The summed E-state index contributed by atoms with van der Waals surface area (Å²) in [5.41, 5.74) is 1.33. The van der Waals surface area contributed by atoms with Gasteiger partial charge >= 0.3 is 6.03 Å². The van der Waals surface area contributed by atoms with Gasteiger partial charge in [0.2, 0.25) is 5.91 Å². The summed E-state index contributed by atoms with van der Waals surface area (Å²) < 4.78 is 7.67. The van der Waals surface area contributed by atoms with E-state index in [0.29, 0.717) is 23.7 Å². The van der Waals surface area contributed by atoms with Crippen LogP contribution in [0.1, 0.15) is 24.2 Å². The van der Waals surface area contributed by atoms with Crippen molar-refractivity contribution in [3.63, 3.8) is 0 Å². The van der Waals surface area contributed by atoms with Crippen molar-refractivity contribution in [1.29, 1.82) is 0 Å². The summed E-state index contributed by atoms with van der Waals surface area (Å²) in [5.74, 6) is -0.578. The minimum Gasteiger partial charge on any atom is -0.487 e. The Balaban J connectivity index is 1.36. The van der Waals surface area contributed by atoms with E-state index in [1.807, 2.05) is 49.4 Å². The van der Waals surface area contributed by atoms with Crippen LogP contribution >= 0.6 is 0 Å². The topological polar surface area (TPSA) is 155 Å². The summed E-state index contributed by atoms with van der Waals surface area (Å²) in [5, 5.41) is 28.4. The van der Waals surface area contributed by atoms with Gasteiger partial charge in [-0.3, -0.25) is 9.59 Å². The number of anilines is 2. The number of fused-ring (bicyclic) bond motifs is 2. The van der Waals surface area contributed by atoms with Gasteiger partial charge in [0.15, 0.2) is 0 Å². The van der Waals surface area contributed by atoms with Crippen molar-refractivity contribution in [1.82, 2.24) is 30.0 Å². The van der Waals surface area contributed by atoms with Crippen molar-refractivity contribution >= 4 is 40.0 Å². The summed E-state index contributed by atoms with van der Waals surface area (Å²) in [6, 6.07) is 17.6. The van der Waals surface area contributed by atoms with Crippen LogP contribution in [0.15, 0.2) is 67.0 Å². The van der Waals surface area contributed by atoms with E-state index in [0.717, 1.165) is 10.8 Å². The third-order valence-electron chi connectivity index (χ3n) is 7.48. The monoisotopic (exact) mass is 586 g/mol. The highest BCUT2D eigenvalue weighted by atomic mass is 16.5. The predicted octanol–water partition coefficient (Wildman–Crippen LogP) is 2.85. The summed E-state index contributed by atoms with van der Waals surface area (Å²) in [7, 11) is 1.69. The van der Waals surface area contributed by atoms with Gasteiger partial charge in [-0.1, -0.05) is 43.3 Å². The Labute approximate surface area is 248 Å². The first-order valence-electron chi connectivity index (χ1n) is 14.0. The molecule has 0 radical (unpaired) electrons. The molecule has 0 unspecified atom stereocenters. The number of likely N-dealkylation sites (N-methyl/N-ethyl adjacent to an activating group) is 1. The van der Waals surface area contributed by atoms with Gasteiger partial charge < -0.3 is 30.3 Å². The zero-order valence-electron chi connectivity index (χ0n) is 24.2. The molecule has 2 heterocycles. The number of aliphatic hydroxyl groups is 1. The number of ether oxygens (including phenoxy) is 1. The fourth-order valence-electron chi connectivity index (χ4n) is 5.02. The number of benzene rings is 3. The fraction of sp³-hybridized carbons (Fsp3) is 0.333. The molecule has 3 N–H and O–H groups in total. The molecule has 224 valence electrons. The van der Waals surface area contributed by atoms with Crippen LogP contribution < -0.4 is 15.4 Å². The molecule has 3 atom stereocenters. The number of tetrazole rings is 1. The molecule has 0 fully saturated rings. The molecule has 43 heavy (non-hydrogen) atoms. The number of carbonyl (C=O) groups excluding carboxylic acids is 3. The van der Waals surface area contributed by atoms with Crippen molar-refractivity contribution in [2.45, 2.75) is 32.5 Å². The van der Waals surface area contributed by atoms with Crippen molar-refractivity contribution in [3.05, 3.63) is 72.6 Å². The Bertz CT molecular complexity index is 1610. The van der Waals surface area contributed by atoms with E-state index in [4.69, 9.17) is 4.74 Å². The van der Waals surface area contributed by atoms with Crippen LogP contribution in [0.4, 0.5) is 16.2 Å². The molecule has 5 rings (SSSR count). The summed E-state index contributed by atoms with van der Waals surface area (Å²) in [6.45, 7) is 3.91. The molecule has 0 saturated carbocycles. The maximum Gasteiger partial charge on any atom is 0.321 e. The molecule has 0 spiro atoms. The van der Waals surface area contributed by atoms with Gasteiger partial charge in [0.05, 0.1) is 30.4 Å². The summed E-state index contributed by atoms with van der Waals surface area (Å²) in [4.78, 5) is 42.6. The van der Waals surface area contributed by atoms with Crippen LogP contribution in [0.3, 0.4) is 0 Å². The van der Waals surface area contributed by atoms with Gasteiger partial charge in [-0.15, -0.1) is 5.10 Å². The number of nitrogens with zero attached hydrogens (tertiary/aromatic N) is 6. The van der Waals surface area contributed by atoms with E-state index in [2.05, 4.69) is 26.2 Å². The zero-order chi connectivity index (χ0) is 30.5. The molecule has 1 aliphatic heterocycles. The van der Waals surface area contributed by atoms with Crippen molar-refractivity contribution in [2.75, 3.05) is 37.4 Å². The molecule has 0 aliphatic carbocycles. The number of amides is 4. The van der Waals surface area contributed by atoms with Crippen LogP contribution in [-0.4, -0.2) is 91.8 Å². The lowest BCUT2D eigenvalue weighted by Crippen LogP contribution is -2.50. The highest BCUT2D eigenvalue weighted by Gasteiger charge is 2.34. The maximum atomic E-state index is 13.7. The molecule has 1 aliphatic rings. The number of aromatic nitrogens is 4. The minimum atomic E-state index is -0.483. The van der Waals surface area contributed by atoms with Crippen molar-refractivity contribution in [3.8, 4) is 5.75 Å². The smallest absolute Gasteiger partial charge is 0.321 e. The molecular formula is C30H34N8O5. The second-order valence-electron chi connectivity index (χ2n) is 10.7. The fourth-order valence-corrected chi connectivity index (χ4v) is 5.02. The van der Waals surface area contributed by atoms with E-state index in [-0.39, 0.29) is 49.0 Å². The lowest BCUT2D eigenvalue weighted by atomic mass is 9.99. The molecule has 13 nitrogen and oxygen atoms in total. The molecule has 0 saturated heterocycles. The molecule has 0 bridgehead atoms. The summed E-state index contributed by atoms with van der Waals surface area (Å²) in [6.07, 6.45) is 0.843. The normalized spacial score (nSPS) is 17.3. The average Bonchev–Trinajstić information content (AvgIpc) is 3.51. The number of urea groups is 1. The number of carbonyl (C=O) groups is 3. The number of hydrogen-bond acceptors (Lipinski definition) is 8. The molecule has 4 amide bonds. The Morgan fingerprint density at radius 3 is 2.70 bits per heavy atom. The summed E-state index contributed by atoms with van der Waals surface area (Å²) >= 11 is 0. The van der Waals surface area contributed by atoms with Gasteiger partial charge in [-0.2, -0.15) is 0 Å². The van der Waals surface area contributed by atoms with E-state index in [1.165, 1.54) is 11.0 Å². The molecular weight excluding hydrogens is 552 g/mol. The van der Waals surface area contributed by atoms with Gasteiger partial charge in [-0.05, 0) is 47.0 Å². The standard InChI is InChI=1S/C30H34N8O5/c1-19-14-38(20(2)17-39)29(41)24-13-22(32-28(40)16-37-18-31-34-35-37)11-12-26(24)43-27(19)15-36(3)30(42)33-25-10-6-8-21-7-4-5-9-23(21)25/h4-13,18-20,27,39H,14-17H2,1-3H3,(H,32,40)(H,33,42)/t19-,20+,27-/m0/s1. The van der Waals surface area contributed by atoms with Gasteiger partial charge in [0.25, 0.3) is 5.91 Å². The zero-order valence-corrected chi connectivity index (χ0v) is 24.2. The van der Waals surface area contributed by atoms with Crippen LogP contribution in [-0.2, 0) is 11.3 Å². The van der Waals surface area contributed by atoms with E-state index >= 15 is 0 Å². The Morgan fingerprint density at radius 1 is 1.14 bits per heavy atom. The molecule has 4 aromatic rings. The Hall–Kier alpha value is -5.04. The maximum absolute atomic E-state index is 13.7. The minimum absolute atomic E-state index is 0.102. The van der Waals surface area contributed by atoms with Crippen molar-refractivity contribution < 1.29 is 24.2 Å². The SMILES string of the molecule is C[C@H](CO)N1C[C@H](C)[C@H](CN(C)C(=O)Nc2cccc3ccccc23)Oc2ccc(NC(=O)Cn3cnnn3)cc2C1=O. The molecule has 3 aromatic carbocycles. The van der Waals surface area contributed by atoms with Crippen LogP contribution in [0, 0.1) is 5.92 Å². The van der Waals surface area contributed by atoms with E-state index < -0.39 is 12.1 Å². The number of hydrogen-bond donors (Lipinski definition) is 3. The average molecular weight is 587 g/mol. The van der Waals surface area contributed by atoms with E-state index in [9.17, 15) is 19.5 Å². The first-order valence-corrected chi connectivity index (χ1v) is 14.0. The van der Waals surface area contributed by atoms with Crippen molar-refractivity contribution in [2.24, 2.45) is 5.92 Å². The van der Waals surface area contributed by atoms with E-state index in [1.54, 1.807) is 42.0 Å². The number of aliphatic hydroxyl groups excluding tert-OH is 1. The van der Waals surface area contributed by atoms with Gasteiger partial charge in [0.1, 0.15) is 24.7 Å². The van der Waals surface area contributed by atoms with Gasteiger partial charge in [-0.25, -0.2) is 9.48 Å². The Kier molecular flexibility index (Phi) is 8.81. The van der Waals surface area contributed by atoms with Crippen LogP contribution in [0.5, 0.6) is 5.75 Å². The number of nitrogens with one attached hydrogen (secondary N) is 2. The third-order valence-corrected chi connectivity index (χ3v) is 7.48. The highest BCUT2D eigenvalue weighted by molar-refractivity contribution is 6.02. The third kappa shape index (κ3) is 6.72. The first-order chi connectivity index (χ1) is 20.7. The van der Waals surface area contributed by atoms with Crippen LogP contribution in [0.25, 0.3) is 10.8 Å². The molecule has 13 heteroatoms. The lowest BCUT2D eigenvalue weighted by molar-refractivity contribution is -0.116. The molecule has 1 aromatic heterocycles. The lowest BCUT2D eigenvalue weighted by Gasteiger charge is -2.38. The predicted molar refractivity (Wildman–Crippen MR) is 160 cm³/mol. The second-order valence-corrected chi connectivity index (χ2v) is 10.7. The first kappa shape index (κ1) is 29.5. The largest absolute Gasteiger partial charge is 0.487 e. The number of rotatable bonds is 8.